The van der Waals surface area contributed by atoms with Crippen LogP contribution in [0.15, 0.2) is 24.3 Å². The maximum Gasteiger partial charge on any atom is 0.223 e. The van der Waals surface area contributed by atoms with Gasteiger partial charge in [0.1, 0.15) is 0 Å². The SMILES string of the molecule is CC1CCC2(CC1)CC2C(=O)NCc1ccc(Cl)cc1. The molecule has 1 atom stereocenters. The summed E-state index contributed by atoms with van der Waals surface area (Å²) in [4.78, 5) is 12.3. The summed E-state index contributed by atoms with van der Waals surface area (Å²) in [6, 6.07) is 7.66. The van der Waals surface area contributed by atoms with Crippen LogP contribution in [0.1, 0.15) is 44.6 Å². The van der Waals surface area contributed by atoms with Crippen LogP contribution < -0.4 is 5.32 Å². The van der Waals surface area contributed by atoms with E-state index >= 15 is 0 Å². The minimum Gasteiger partial charge on any atom is -0.352 e. The van der Waals surface area contributed by atoms with Crippen molar-refractivity contribution >= 4 is 17.5 Å². The molecule has 1 spiro atoms. The zero-order chi connectivity index (χ0) is 14.2. The van der Waals surface area contributed by atoms with Crippen molar-refractivity contribution in [2.45, 2.75) is 45.6 Å². The molecule has 1 aromatic carbocycles. The van der Waals surface area contributed by atoms with Crippen LogP contribution in [-0.4, -0.2) is 5.91 Å². The number of carbonyl (C=O) groups excluding carboxylic acids is 1. The average molecular weight is 292 g/mol. The number of rotatable bonds is 3. The molecule has 2 nitrogen and oxygen atoms in total. The first kappa shape index (κ1) is 13.9. The summed E-state index contributed by atoms with van der Waals surface area (Å²) in [5, 5.41) is 3.81. The fraction of sp³-hybridized carbons (Fsp3) is 0.588. The fourth-order valence-electron chi connectivity index (χ4n) is 3.52. The molecule has 0 heterocycles. The summed E-state index contributed by atoms with van der Waals surface area (Å²) in [5.74, 6) is 1.36. The van der Waals surface area contributed by atoms with Crippen LogP contribution in [0.5, 0.6) is 0 Å². The number of amides is 1. The van der Waals surface area contributed by atoms with E-state index in [1.165, 1.54) is 25.7 Å². The Morgan fingerprint density at radius 2 is 1.95 bits per heavy atom. The van der Waals surface area contributed by atoms with Gasteiger partial charge in [-0.1, -0.05) is 43.5 Å². The van der Waals surface area contributed by atoms with E-state index < -0.39 is 0 Å². The third-order valence-corrected chi connectivity index (χ3v) is 5.41. The highest BCUT2D eigenvalue weighted by Crippen LogP contribution is 2.62. The van der Waals surface area contributed by atoms with Crippen LogP contribution in [0.4, 0.5) is 0 Å². The Hall–Kier alpha value is -1.02. The molecule has 0 aliphatic heterocycles. The van der Waals surface area contributed by atoms with Crippen molar-refractivity contribution in [2.24, 2.45) is 17.3 Å². The van der Waals surface area contributed by atoms with Crippen molar-refractivity contribution in [3.05, 3.63) is 34.9 Å². The fourth-order valence-corrected chi connectivity index (χ4v) is 3.65. The number of carbonyl (C=O) groups is 1. The molecule has 3 rings (SSSR count). The van der Waals surface area contributed by atoms with Gasteiger partial charge in [-0.3, -0.25) is 4.79 Å². The molecule has 2 saturated carbocycles. The molecule has 0 radical (unpaired) electrons. The maximum absolute atomic E-state index is 12.3. The Kier molecular flexibility index (Phi) is 3.76. The van der Waals surface area contributed by atoms with Crippen molar-refractivity contribution in [1.82, 2.24) is 5.32 Å². The van der Waals surface area contributed by atoms with Gasteiger partial charge in [0, 0.05) is 17.5 Å². The van der Waals surface area contributed by atoms with Crippen LogP contribution in [0.3, 0.4) is 0 Å². The molecule has 1 amide bonds. The molecule has 0 bridgehead atoms. The van der Waals surface area contributed by atoms with Gasteiger partial charge in [-0.25, -0.2) is 0 Å². The Bertz CT molecular complexity index is 488. The average Bonchev–Trinajstić information content (AvgIpc) is 3.16. The summed E-state index contributed by atoms with van der Waals surface area (Å²) in [7, 11) is 0. The van der Waals surface area contributed by atoms with E-state index in [1.54, 1.807) is 0 Å². The standard InChI is InChI=1S/C17H22ClNO/c1-12-6-8-17(9-7-12)10-15(17)16(20)19-11-13-2-4-14(18)5-3-13/h2-5,12,15H,6-11H2,1H3,(H,19,20). The van der Waals surface area contributed by atoms with Gasteiger partial charge in [-0.15, -0.1) is 0 Å². The topological polar surface area (TPSA) is 29.1 Å². The number of halogens is 1. The molecular formula is C17H22ClNO. The van der Waals surface area contributed by atoms with E-state index in [-0.39, 0.29) is 11.8 Å². The number of nitrogens with one attached hydrogen (secondary N) is 1. The van der Waals surface area contributed by atoms with E-state index in [0.29, 0.717) is 12.0 Å². The lowest BCUT2D eigenvalue weighted by Crippen LogP contribution is -2.28. The summed E-state index contributed by atoms with van der Waals surface area (Å²) in [5.41, 5.74) is 1.46. The lowest BCUT2D eigenvalue weighted by Gasteiger charge is -2.26. The summed E-state index contributed by atoms with van der Waals surface area (Å²) in [6.45, 7) is 2.93. The summed E-state index contributed by atoms with van der Waals surface area (Å²) < 4.78 is 0. The second-order valence-electron chi connectivity index (χ2n) is 6.65. The van der Waals surface area contributed by atoms with Crippen LogP contribution >= 0.6 is 11.6 Å². The first-order valence-electron chi connectivity index (χ1n) is 7.61. The number of hydrogen-bond acceptors (Lipinski definition) is 1. The predicted molar refractivity (Wildman–Crippen MR) is 81.5 cm³/mol. The maximum atomic E-state index is 12.3. The monoisotopic (exact) mass is 291 g/mol. The van der Waals surface area contributed by atoms with E-state index in [0.717, 1.165) is 22.9 Å². The molecule has 2 fully saturated rings. The van der Waals surface area contributed by atoms with Crippen molar-refractivity contribution in [3.63, 3.8) is 0 Å². The highest BCUT2D eigenvalue weighted by Gasteiger charge is 2.57. The lowest BCUT2D eigenvalue weighted by atomic mass is 9.79. The number of hydrogen-bond donors (Lipinski definition) is 1. The molecule has 2 aliphatic rings. The van der Waals surface area contributed by atoms with E-state index in [1.807, 2.05) is 24.3 Å². The minimum atomic E-state index is 0.245. The van der Waals surface area contributed by atoms with Gasteiger partial charge in [0.05, 0.1) is 0 Å². The van der Waals surface area contributed by atoms with Gasteiger partial charge in [0.25, 0.3) is 0 Å². The number of benzene rings is 1. The van der Waals surface area contributed by atoms with Crippen molar-refractivity contribution in [2.75, 3.05) is 0 Å². The van der Waals surface area contributed by atoms with Gasteiger partial charge in [0.15, 0.2) is 0 Å². The van der Waals surface area contributed by atoms with Crippen LogP contribution in [0, 0.1) is 17.3 Å². The molecule has 0 saturated heterocycles. The highest BCUT2D eigenvalue weighted by molar-refractivity contribution is 6.30. The summed E-state index contributed by atoms with van der Waals surface area (Å²) >= 11 is 5.86. The molecule has 1 N–H and O–H groups in total. The van der Waals surface area contributed by atoms with E-state index in [2.05, 4.69) is 12.2 Å². The van der Waals surface area contributed by atoms with Gasteiger partial charge >= 0.3 is 0 Å². The smallest absolute Gasteiger partial charge is 0.223 e. The molecular weight excluding hydrogens is 270 g/mol. The normalized spacial score (nSPS) is 32.1. The Labute approximate surface area is 125 Å². The third kappa shape index (κ3) is 2.85. The van der Waals surface area contributed by atoms with Gasteiger partial charge in [-0.2, -0.15) is 0 Å². The largest absolute Gasteiger partial charge is 0.352 e. The Morgan fingerprint density at radius 3 is 2.60 bits per heavy atom. The molecule has 3 heteroatoms. The third-order valence-electron chi connectivity index (χ3n) is 5.16. The minimum absolute atomic E-state index is 0.245. The van der Waals surface area contributed by atoms with Crippen molar-refractivity contribution in [3.8, 4) is 0 Å². The molecule has 0 aromatic heterocycles. The first-order valence-corrected chi connectivity index (χ1v) is 7.99. The van der Waals surface area contributed by atoms with Gasteiger partial charge in [0.2, 0.25) is 5.91 Å². The molecule has 1 aromatic rings. The Balaban J connectivity index is 1.50. The van der Waals surface area contributed by atoms with E-state index in [4.69, 9.17) is 11.6 Å². The van der Waals surface area contributed by atoms with Gasteiger partial charge < -0.3 is 5.32 Å². The van der Waals surface area contributed by atoms with Crippen LogP contribution in [0.2, 0.25) is 5.02 Å². The van der Waals surface area contributed by atoms with Gasteiger partial charge in [-0.05, 0) is 48.3 Å². The van der Waals surface area contributed by atoms with Crippen molar-refractivity contribution in [1.29, 1.82) is 0 Å². The second-order valence-corrected chi connectivity index (χ2v) is 7.08. The summed E-state index contributed by atoms with van der Waals surface area (Å²) in [6.07, 6.45) is 6.18. The van der Waals surface area contributed by atoms with Crippen LogP contribution in [-0.2, 0) is 11.3 Å². The van der Waals surface area contributed by atoms with Crippen LogP contribution in [0.25, 0.3) is 0 Å². The Morgan fingerprint density at radius 1 is 1.30 bits per heavy atom. The molecule has 108 valence electrons. The first-order chi connectivity index (χ1) is 9.59. The van der Waals surface area contributed by atoms with Crippen molar-refractivity contribution < 1.29 is 4.79 Å². The van der Waals surface area contributed by atoms with E-state index in [9.17, 15) is 4.79 Å². The zero-order valence-electron chi connectivity index (χ0n) is 12.0. The lowest BCUT2D eigenvalue weighted by molar-refractivity contribution is -0.123. The second kappa shape index (κ2) is 5.40. The molecule has 1 unspecified atom stereocenters. The quantitative estimate of drug-likeness (QED) is 0.889. The zero-order valence-corrected chi connectivity index (χ0v) is 12.7. The molecule has 20 heavy (non-hydrogen) atoms. The highest BCUT2D eigenvalue weighted by atomic mass is 35.5. The molecule has 2 aliphatic carbocycles. The predicted octanol–water partition coefficient (Wildman–Crippen LogP) is 4.17.